The zero-order valence-electron chi connectivity index (χ0n) is 8.18. The van der Waals surface area contributed by atoms with Crippen molar-refractivity contribution in [2.45, 2.75) is 18.7 Å². The predicted octanol–water partition coefficient (Wildman–Crippen LogP) is 2.92. The minimum absolute atomic E-state index is 0.0196. The number of ether oxygens (including phenoxy) is 1. The highest BCUT2D eigenvalue weighted by Crippen LogP contribution is 2.26. The number of hydrogen-bond acceptors (Lipinski definition) is 3. The molecule has 0 spiro atoms. The van der Waals surface area contributed by atoms with Gasteiger partial charge in [-0.3, -0.25) is 0 Å². The van der Waals surface area contributed by atoms with Crippen LogP contribution in [0.4, 0.5) is 17.6 Å². The van der Waals surface area contributed by atoms with Crippen LogP contribution in [-0.4, -0.2) is 11.3 Å². The predicted molar refractivity (Wildman–Crippen MR) is 49.8 cm³/mol. The van der Waals surface area contributed by atoms with E-state index in [1.165, 1.54) is 0 Å². The SMILES string of the molecule is N#CCc1cc(F)c(OC(F)(F)F)nc1CCl. The fraction of sp³-hybridized carbons (Fsp3) is 0.333. The van der Waals surface area contributed by atoms with Crippen molar-refractivity contribution in [1.82, 2.24) is 4.98 Å². The third kappa shape index (κ3) is 3.75. The van der Waals surface area contributed by atoms with E-state index in [-0.39, 0.29) is 23.6 Å². The Kier molecular flexibility index (Phi) is 4.12. The van der Waals surface area contributed by atoms with Crippen molar-refractivity contribution >= 4 is 11.6 Å². The van der Waals surface area contributed by atoms with Gasteiger partial charge in [-0.1, -0.05) is 0 Å². The first-order chi connectivity index (χ1) is 7.87. The molecule has 17 heavy (non-hydrogen) atoms. The minimum Gasteiger partial charge on any atom is -0.385 e. The van der Waals surface area contributed by atoms with Gasteiger partial charge in [-0.2, -0.15) is 5.26 Å². The van der Waals surface area contributed by atoms with Crippen LogP contribution in [0.15, 0.2) is 6.07 Å². The molecule has 0 aromatic carbocycles. The molecule has 0 fully saturated rings. The number of rotatable bonds is 3. The van der Waals surface area contributed by atoms with Gasteiger partial charge >= 0.3 is 6.36 Å². The van der Waals surface area contributed by atoms with Crippen LogP contribution in [-0.2, 0) is 12.3 Å². The molecule has 0 unspecified atom stereocenters. The Labute approximate surface area is 98.6 Å². The maximum absolute atomic E-state index is 13.2. The van der Waals surface area contributed by atoms with Crippen LogP contribution in [0, 0.1) is 17.1 Å². The molecular formula is C9H5ClF4N2O. The fourth-order valence-corrected chi connectivity index (χ4v) is 1.31. The molecular weight excluding hydrogens is 264 g/mol. The van der Waals surface area contributed by atoms with Gasteiger partial charge in [-0.05, 0) is 11.6 Å². The molecule has 1 aromatic rings. The third-order valence-electron chi connectivity index (χ3n) is 1.72. The van der Waals surface area contributed by atoms with Gasteiger partial charge in [0.2, 0.25) is 0 Å². The number of alkyl halides is 4. The van der Waals surface area contributed by atoms with Gasteiger partial charge in [0.15, 0.2) is 5.82 Å². The first kappa shape index (κ1) is 13.5. The molecule has 8 heteroatoms. The fourth-order valence-electron chi connectivity index (χ4n) is 1.08. The van der Waals surface area contributed by atoms with E-state index in [1.54, 1.807) is 6.07 Å². The Morgan fingerprint density at radius 2 is 2.12 bits per heavy atom. The van der Waals surface area contributed by atoms with Crippen LogP contribution in [0.1, 0.15) is 11.3 Å². The van der Waals surface area contributed by atoms with Crippen molar-refractivity contribution in [3.63, 3.8) is 0 Å². The molecule has 1 heterocycles. The Bertz CT molecular complexity index is 456. The lowest BCUT2D eigenvalue weighted by Crippen LogP contribution is -2.19. The summed E-state index contributed by atoms with van der Waals surface area (Å²) < 4.78 is 52.2. The third-order valence-corrected chi connectivity index (χ3v) is 1.97. The summed E-state index contributed by atoms with van der Waals surface area (Å²) in [5, 5.41) is 8.43. The highest BCUT2D eigenvalue weighted by Gasteiger charge is 2.33. The highest BCUT2D eigenvalue weighted by atomic mass is 35.5. The summed E-state index contributed by atoms with van der Waals surface area (Å²) in [6.07, 6.45) is -5.23. The zero-order chi connectivity index (χ0) is 13.1. The molecule has 0 N–H and O–H groups in total. The molecule has 0 aliphatic heterocycles. The van der Waals surface area contributed by atoms with E-state index in [9.17, 15) is 17.6 Å². The number of halogens is 5. The van der Waals surface area contributed by atoms with Gasteiger partial charge in [0.05, 0.1) is 24.1 Å². The maximum atomic E-state index is 13.2. The topological polar surface area (TPSA) is 45.9 Å². The number of hydrogen-bond donors (Lipinski definition) is 0. The minimum atomic E-state index is -5.03. The molecule has 1 rings (SSSR count). The van der Waals surface area contributed by atoms with Crippen molar-refractivity contribution in [2.75, 3.05) is 0 Å². The lowest BCUT2D eigenvalue weighted by molar-refractivity contribution is -0.277. The summed E-state index contributed by atoms with van der Waals surface area (Å²) in [6.45, 7) is 0. The van der Waals surface area contributed by atoms with Crippen LogP contribution in [0.25, 0.3) is 0 Å². The highest BCUT2D eigenvalue weighted by molar-refractivity contribution is 6.17. The summed E-state index contributed by atoms with van der Waals surface area (Å²) in [7, 11) is 0. The van der Waals surface area contributed by atoms with Gasteiger partial charge in [0.25, 0.3) is 5.88 Å². The average molecular weight is 269 g/mol. The van der Waals surface area contributed by atoms with E-state index in [1.807, 2.05) is 0 Å². The Morgan fingerprint density at radius 3 is 2.59 bits per heavy atom. The first-order valence-corrected chi connectivity index (χ1v) is 4.77. The van der Waals surface area contributed by atoms with Crippen LogP contribution < -0.4 is 4.74 Å². The lowest BCUT2D eigenvalue weighted by Gasteiger charge is -2.11. The number of nitrogens with zero attached hydrogens (tertiary/aromatic N) is 2. The van der Waals surface area contributed by atoms with Gasteiger partial charge in [0.1, 0.15) is 0 Å². The maximum Gasteiger partial charge on any atom is 0.574 e. The van der Waals surface area contributed by atoms with Crippen LogP contribution in [0.5, 0.6) is 5.88 Å². The molecule has 0 atom stereocenters. The second-order valence-corrected chi connectivity index (χ2v) is 3.16. The van der Waals surface area contributed by atoms with Crippen LogP contribution in [0.3, 0.4) is 0 Å². The van der Waals surface area contributed by atoms with Crippen molar-refractivity contribution in [1.29, 1.82) is 5.26 Å². The van der Waals surface area contributed by atoms with Gasteiger partial charge in [-0.15, -0.1) is 24.8 Å². The van der Waals surface area contributed by atoms with Crippen molar-refractivity contribution in [3.05, 3.63) is 23.1 Å². The van der Waals surface area contributed by atoms with E-state index in [0.29, 0.717) is 0 Å². The van der Waals surface area contributed by atoms with E-state index in [2.05, 4.69) is 9.72 Å². The summed E-state index contributed by atoms with van der Waals surface area (Å²) in [4.78, 5) is 3.29. The van der Waals surface area contributed by atoms with Crippen LogP contribution >= 0.6 is 11.6 Å². The molecule has 3 nitrogen and oxygen atoms in total. The van der Waals surface area contributed by atoms with Crippen molar-refractivity contribution in [2.24, 2.45) is 0 Å². The molecule has 0 aliphatic rings. The summed E-state index contributed by atoms with van der Waals surface area (Å²) in [5.41, 5.74) is 0.114. The van der Waals surface area contributed by atoms with Gasteiger partial charge < -0.3 is 4.74 Å². The van der Waals surface area contributed by atoms with Crippen LogP contribution in [0.2, 0.25) is 0 Å². The van der Waals surface area contributed by atoms with E-state index < -0.39 is 18.1 Å². The van der Waals surface area contributed by atoms with E-state index in [0.717, 1.165) is 6.07 Å². The molecule has 0 bridgehead atoms. The largest absolute Gasteiger partial charge is 0.574 e. The monoisotopic (exact) mass is 268 g/mol. The van der Waals surface area contributed by atoms with Gasteiger partial charge in [0, 0.05) is 0 Å². The number of pyridine rings is 1. The quantitative estimate of drug-likeness (QED) is 0.625. The van der Waals surface area contributed by atoms with E-state index >= 15 is 0 Å². The lowest BCUT2D eigenvalue weighted by atomic mass is 10.1. The Morgan fingerprint density at radius 1 is 1.47 bits per heavy atom. The molecule has 0 amide bonds. The molecule has 0 saturated carbocycles. The zero-order valence-corrected chi connectivity index (χ0v) is 8.94. The molecule has 92 valence electrons. The standard InChI is InChI=1S/C9H5ClF4N2O/c10-4-7-5(1-2-15)3-6(11)8(16-7)17-9(12,13)14/h3H,1,4H2. The summed E-state index contributed by atoms with van der Waals surface area (Å²) in [5.74, 6) is -2.73. The Hall–Kier alpha value is -1.55. The number of aromatic nitrogens is 1. The molecule has 1 aromatic heterocycles. The second-order valence-electron chi connectivity index (χ2n) is 2.90. The molecule has 0 saturated heterocycles. The first-order valence-electron chi connectivity index (χ1n) is 4.24. The normalized spacial score (nSPS) is 11.1. The van der Waals surface area contributed by atoms with Crippen molar-refractivity contribution in [3.8, 4) is 11.9 Å². The second kappa shape index (κ2) is 5.19. The van der Waals surface area contributed by atoms with Crippen molar-refractivity contribution < 1.29 is 22.3 Å². The Balaban J connectivity index is 3.14. The summed E-state index contributed by atoms with van der Waals surface area (Å²) >= 11 is 5.43. The molecule has 0 radical (unpaired) electrons. The smallest absolute Gasteiger partial charge is 0.385 e. The average Bonchev–Trinajstić information content (AvgIpc) is 2.20. The van der Waals surface area contributed by atoms with Gasteiger partial charge in [-0.25, -0.2) is 9.37 Å². The summed E-state index contributed by atoms with van der Waals surface area (Å²) in [6, 6.07) is 2.48. The molecule has 0 aliphatic carbocycles. The number of nitriles is 1. The van der Waals surface area contributed by atoms with E-state index in [4.69, 9.17) is 16.9 Å².